The van der Waals surface area contributed by atoms with E-state index in [0.29, 0.717) is 79.5 Å². The van der Waals surface area contributed by atoms with Gasteiger partial charge in [-0.1, -0.05) is 47.5 Å². The predicted molar refractivity (Wildman–Crippen MR) is 298 cm³/mol. The molecule has 0 spiro atoms. The molecular weight excluding hydrogens is 1040 g/mol. The molecule has 0 saturated carbocycles. The number of benzene rings is 4. The number of nitrogens with one attached hydrogen (secondary N) is 4. The van der Waals surface area contributed by atoms with Crippen LogP contribution in [0.5, 0.6) is 11.5 Å². The number of hydrogen-bond acceptors (Lipinski definition) is 16. The number of amides is 2. The predicted octanol–water partition coefficient (Wildman–Crippen LogP) is 10.8. The Bertz CT molecular complexity index is 3790. The molecule has 10 rings (SSSR count). The molecule has 0 bridgehead atoms. The second kappa shape index (κ2) is 23.9. The minimum Gasteiger partial charge on any atom is -0.497 e. The Hall–Kier alpha value is -9.66. The fourth-order valence-corrected chi connectivity index (χ4v) is 8.33. The maximum atomic E-state index is 15.2. The van der Waals surface area contributed by atoms with Gasteiger partial charge in [-0.05, 0) is 108 Å². The number of carbonyl (C=O) groups excluding carboxylic acids is 2. The molecule has 2 amide bonds. The van der Waals surface area contributed by atoms with Crippen molar-refractivity contribution in [2.24, 2.45) is 0 Å². The second-order valence-electron chi connectivity index (χ2n) is 17.0. The molecule has 6 N–H and O–H groups in total. The second-order valence-corrected chi connectivity index (χ2v) is 17.9. The molecule has 392 valence electrons. The van der Waals surface area contributed by atoms with Crippen molar-refractivity contribution in [1.82, 2.24) is 50.5 Å². The lowest BCUT2D eigenvalue weighted by atomic mass is 10.1. The zero-order chi connectivity index (χ0) is 54.9. The van der Waals surface area contributed by atoms with Gasteiger partial charge in [0.2, 0.25) is 0 Å². The summed E-state index contributed by atoms with van der Waals surface area (Å²) in [7, 11) is 6.32. The Morgan fingerprint density at radius 2 is 1.01 bits per heavy atom. The Morgan fingerprint density at radius 1 is 0.564 bits per heavy atom. The quantitative estimate of drug-likeness (QED) is 0.0642. The summed E-state index contributed by atoms with van der Waals surface area (Å²) in [5, 5.41) is 13.3. The van der Waals surface area contributed by atoms with Crippen molar-refractivity contribution >= 4 is 91.7 Å². The van der Waals surface area contributed by atoms with Crippen molar-refractivity contribution in [3.05, 3.63) is 190 Å². The summed E-state index contributed by atoms with van der Waals surface area (Å²) in [5.74, 6) is 1.43. The van der Waals surface area contributed by atoms with Gasteiger partial charge in [0.15, 0.2) is 22.9 Å². The molecular formula is C56H46Cl2F2N14O4. The minimum absolute atomic E-state index is 0.0682. The van der Waals surface area contributed by atoms with Gasteiger partial charge in [0.25, 0.3) is 11.8 Å². The van der Waals surface area contributed by atoms with Crippen LogP contribution in [0.15, 0.2) is 146 Å². The van der Waals surface area contributed by atoms with Gasteiger partial charge in [0.05, 0.1) is 58.6 Å². The highest BCUT2D eigenvalue weighted by atomic mass is 35.5. The van der Waals surface area contributed by atoms with Gasteiger partial charge in [-0.2, -0.15) is 0 Å². The largest absolute Gasteiger partial charge is 0.497 e. The number of hydrogen-bond donors (Lipinski definition) is 5. The molecule has 0 aliphatic rings. The molecule has 78 heavy (non-hydrogen) atoms. The highest BCUT2D eigenvalue weighted by Gasteiger charge is 2.21. The number of fused-ring (bicyclic) bond motifs is 2. The summed E-state index contributed by atoms with van der Waals surface area (Å²) in [6, 6.07) is 34.3. The first kappa shape index (κ1) is 53.2. The summed E-state index contributed by atoms with van der Waals surface area (Å²) >= 11 is 12.3. The van der Waals surface area contributed by atoms with Gasteiger partial charge in [-0.25, -0.2) is 38.7 Å². The Balaban J connectivity index is 0.000000211. The molecule has 10 aromatic rings. The fourth-order valence-electron chi connectivity index (χ4n) is 7.98. The monoisotopic (exact) mass is 1090 g/mol. The van der Waals surface area contributed by atoms with E-state index in [1.54, 1.807) is 44.7 Å². The summed E-state index contributed by atoms with van der Waals surface area (Å²) in [6.45, 7) is 1.04. The molecule has 0 saturated heterocycles. The fraction of sp³-hybridized carbons (Fsp3) is 0.107. The van der Waals surface area contributed by atoms with E-state index < -0.39 is 11.6 Å². The third-order valence-corrected chi connectivity index (χ3v) is 12.4. The van der Waals surface area contributed by atoms with E-state index in [4.69, 9.17) is 48.4 Å². The third kappa shape index (κ3) is 12.2. The zero-order valence-corrected chi connectivity index (χ0v) is 43.5. The molecule has 0 unspecified atom stereocenters. The Kier molecular flexibility index (Phi) is 16.3. The summed E-state index contributed by atoms with van der Waals surface area (Å²) in [4.78, 5) is 62.5. The van der Waals surface area contributed by atoms with Crippen LogP contribution in [0.2, 0.25) is 10.0 Å². The molecule has 0 aliphatic carbocycles. The van der Waals surface area contributed by atoms with Crippen molar-refractivity contribution in [3.63, 3.8) is 0 Å². The van der Waals surface area contributed by atoms with Crippen molar-refractivity contribution in [2.45, 2.75) is 13.1 Å². The topological polar surface area (TPSA) is 233 Å². The van der Waals surface area contributed by atoms with Crippen LogP contribution in [0.3, 0.4) is 0 Å². The number of anilines is 6. The van der Waals surface area contributed by atoms with E-state index in [-0.39, 0.29) is 46.1 Å². The lowest BCUT2D eigenvalue weighted by Crippen LogP contribution is -2.23. The number of aromatic nitrogens is 8. The number of carbonyl (C=O) groups is 2. The lowest BCUT2D eigenvalue weighted by molar-refractivity contribution is 0.0955. The number of methoxy groups -OCH3 is 2. The average molecular weight is 1090 g/mol. The molecule has 0 aliphatic heterocycles. The Morgan fingerprint density at radius 3 is 1.46 bits per heavy atom. The van der Waals surface area contributed by atoms with Crippen LogP contribution >= 0.6 is 23.2 Å². The van der Waals surface area contributed by atoms with Gasteiger partial charge in [-0.15, -0.1) is 0 Å². The molecule has 6 heterocycles. The number of rotatable bonds is 15. The maximum Gasteiger partial charge on any atom is 0.254 e. The molecule has 18 nitrogen and oxygen atoms in total. The highest BCUT2D eigenvalue weighted by molar-refractivity contribution is 6.31. The standard InChI is InChI=1S/C36H31ClFN7O3.C20H15ClFN7O/c1-39-36(46)29-19-40-17-16-31(29)41-33-27-13-15-32(42-34(27)44-35(43-33)28-18-24(37)8-14-30(28)38)45(20-22-4-9-25(47-2)10-5-22)21-23-6-11-26(48-3)12-7-23;1-24-20(30)13-9-25-7-6-15(13)26-17-11-3-5-16(23)27-18(11)29-19(28-17)12-8-10(21)2-4-14(12)22/h4-19H,20-21H2,1-3H3,(H,39,46)(H,40,41,42,43,44);2-9H,1H3,(H,24,30)(H3,23,25,26,27,28,29). The first-order valence-electron chi connectivity index (χ1n) is 23.7. The molecule has 22 heteroatoms. The van der Waals surface area contributed by atoms with Gasteiger partial charge in [0.1, 0.15) is 46.4 Å². The van der Waals surface area contributed by atoms with Crippen molar-refractivity contribution in [2.75, 3.05) is 49.6 Å². The van der Waals surface area contributed by atoms with Crippen LogP contribution in [-0.2, 0) is 13.1 Å². The van der Waals surface area contributed by atoms with E-state index in [2.05, 4.69) is 56.1 Å². The molecule has 0 radical (unpaired) electrons. The van der Waals surface area contributed by atoms with Gasteiger partial charge in [-0.3, -0.25) is 19.6 Å². The zero-order valence-electron chi connectivity index (χ0n) is 42.0. The maximum absolute atomic E-state index is 15.2. The normalized spacial score (nSPS) is 10.8. The van der Waals surface area contributed by atoms with Crippen molar-refractivity contribution in [3.8, 4) is 34.3 Å². The van der Waals surface area contributed by atoms with Crippen LogP contribution in [0, 0.1) is 11.6 Å². The minimum atomic E-state index is -0.545. The third-order valence-electron chi connectivity index (χ3n) is 11.9. The Labute approximate surface area is 455 Å². The smallest absolute Gasteiger partial charge is 0.254 e. The first-order valence-corrected chi connectivity index (χ1v) is 24.5. The van der Waals surface area contributed by atoms with E-state index in [0.717, 1.165) is 22.6 Å². The number of nitrogens with two attached hydrogens (primary N) is 1. The molecule has 6 aromatic heterocycles. The van der Waals surface area contributed by atoms with Gasteiger partial charge in [0, 0.05) is 62.0 Å². The average Bonchev–Trinajstić information content (AvgIpc) is 3.55. The summed E-state index contributed by atoms with van der Waals surface area (Å²) in [6.07, 6.45) is 5.97. The summed E-state index contributed by atoms with van der Waals surface area (Å²) in [5.41, 5.74) is 10.2. The van der Waals surface area contributed by atoms with Crippen LogP contribution in [0.25, 0.3) is 44.8 Å². The SMILES string of the molecule is CNC(=O)c1cnccc1Nc1nc(-c2cc(Cl)ccc2F)nc2nc(N(Cc3ccc(OC)cc3)Cc3ccc(OC)cc3)ccc12.CNC(=O)c1cnccc1Nc1nc(-c2cc(Cl)ccc2F)nc2nc(N)ccc12. The van der Waals surface area contributed by atoms with Gasteiger partial charge >= 0.3 is 0 Å². The van der Waals surface area contributed by atoms with Crippen molar-refractivity contribution < 1.29 is 27.8 Å². The molecule has 0 fully saturated rings. The van der Waals surface area contributed by atoms with Crippen LogP contribution < -0.4 is 41.4 Å². The first-order chi connectivity index (χ1) is 37.8. The van der Waals surface area contributed by atoms with E-state index in [1.807, 2.05) is 60.7 Å². The molecule has 0 atom stereocenters. The van der Waals surface area contributed by atoms with E-state index in [1.165, 1.54) is 69.1 Å². The summed E-state index contributed by atoms with van der Waals surface area (Å²) < 4.78 is 40.3. The number of nitrogen functional groups attached to an aromatic ring is 1. The van der Waals surface area contributed by atoms with Crippen LogP contribution in [0.1, 0.15) is 31.8 Å². The van der Waals surface area contributed by atoms with Crippen LogP contribution in [0.4, 0.5) is 43.4 Å². The number of ether oxygens (including phenoxy) is 2. The molecule has 4 aromatic carbocycles. The van der Waals surface area contributed by atoms with E-state index >= 15 is 4.39 Å². The van der Waals surface area contributed by atoms with Crippen LogP contribution in [-0.4, -0.2) is 80.0 Å². The highest BCUT2D eigenvalue weighted by Crippen LogP contribution is 2.34. The van der Waals surface area contributed by atoms with Gasteiger partial charge < -0.3 is 41.4 Å². The number of halogens is 4. The van der Waals surface area contributed by atoms with E-state index in [9.17, 15) is 14.0 Å². The number of nitrogens with zero attached hydrogens (tertiary/aromatic N) is 9. The number of pyridine rings is 4. The van der Waals surface area contributed by atoms with Crippen molar-refractivity contribution in [1.29, 1.82) is 0 Å². The lowest BCUT2D eigenvalue weighted by Gasteiger charge is -2.25.